The summed E-state index contributed by atoms with van der Waals surface area (Å²) >= 11 is 5.74. The normalized spacial score (nSPS) is 29.2. The highest BCUT2D eigenvalue weighted by Gasteiger charge is 2.19. The molecule has 0 saturated carbocycles. The summed E-state index contributed by atoms with van der Waals surface area (Å²) < 4.78 is 0. The zero-order chi connectivity index (χ0) is 8.27. The van der Waals surface area contributed by atoms with Gasteiger partial charge in [0, 0.05) is 19.0 Å². The van der Waals surface area contributed by atoms with Crippen molar-refractivity contribution in [3.8, 4) is 0 Å². The first kappa shape index (κ1) is 9.34. The summed E-state index contributed by atoms with van der Waals surface area (Å²) in [6, 6.07) is 0. The van der Waals surface area contributed by atoms with Crippen LogP contribution in [0.15, 0.2) is 0 Å². The van der Waals surface area contributed by atoms with Gasteiger partial charge in [0.2, 0.25) is 0 Å². The number of likely N-dealkylation sites (tertiary alicyclic amines) is 1. The number of nitrogens with zero attached hydrogens (tertiary/aromatic N) is 1. The molecule has 1 aliphatic rings. The van der Waals surface area contributed by atoms with Crippen molar-refractivity contribution in [1.82, 2.24) is 4.90 Å². The van der Waals surface area contributed by atoms with Gasteiger partial charge in [0.1, 0.15) is 0 Å². The van der Waals surface area contributed by atoms with Gasteiger partial charge in [-0.2, -0.15) is 0 Å². The van der Waals surface area contributed by atoms with Crippen molar-refractivity contribution >= 4 is 11.6 Å². The van der Waals surface area contributed by atoms with Crippen LogP contribution in [0.2, 0.25) is 0 Å². The molecular formula is C9H18ClN. The first-order valence-electron chi connectivity index (χ1n) is 4.50. The standard InChI is InChI=1S/C9H18ClN/c1-8-3-4-11(6-8)7-9(2)5-10/h8-9H,3-7H2,1-2H3. The third-order valence-electron chi connectivity index (χ3n) is 2.34. The number of alkyl halides is 1. The third-order valence-corrected chi connectivity index (χ3v) is 2.87. The number of halogens is 1. The Balaban J connectivity index is 2.17. The van der Waals surface area contributed by atoms with E-state index < -0.39 is 0 Å². The van der Waals surface area contributed by atoms with Gasteiger partial charge in [0.05, 0.1) is 0 Å². The Kier molecular flexibility index (Phi) is 3.67. The molecule has 1 nitrogen and oxygen atoms in total. The second kappa shape index (κ2) is 4.32. The monoisotopic (exact) mass is 175 g/mol. The predicted octanol–water partition coefficient (Wildman–Crippen LogP) is 2.20. The lowest BCUT2D eigenvalue weighted by Gasteiger charge is -2.18. The molecule has 0 aromatic carbocycles. The van der Waals surface area contributed by atoms with Crippen LogP contribution in [0.1, 0.15) is 20.3 Å². The van der Waals surface area contributed by atoms with Gasteiger partial charge in [-0.1, -0.05) is 13.8 Å². The van der Waals surface area contributed by atoms with Gasteiger partial charge in [-0.25, -0.2) is 0 Å². The van der Waals surface area contributed by atoms with Crippen molar-refractivity contribution in [1.29, 1.82) is 0 Å². The number of hydrogen-bond donors (Lipinski definition) is 0. The highest BCUT2D eigenvalue weighted by molar-refractivity contribution is 6.18. The third kappa shape index (κ3) is 3.00. The van der Waals surface area contributed by atoms with Crippen LogP contribution in [-0.4, -0.2) is 30.4 Å². The Bertz CT molecular complexity index is 116. The largest absolute Gasteiger partial charge is 0.303 e. The fourth-order valence-electron chi connectivity index (χ4n) is 1.68. The Hall–Kier alpha value is 0.250. The predicted molar refractivity (Wildman–Crippen MR) is 50.1 cm³/mol. The summed E-state index contributed by atoms with van der Waals surface area (Å²) in [4.78, 5) is 2.53. The molecule has 11 heavy (non-hydrogen) atoms. The van der Waals surface area contributed by atoms with Crippen molar-refractivity contribution in [3.05, 3.63) is 0 Å². The fraction of sp³-hybridized carbons (Fsp3) is 1.00. The smallest absolute Gasteiger partial charge is 0.0261 e. The van der Waals surface area contributed by atoms with Crippen molar-refractivity contribution < 1.29 is 0 Å². The van der Waals surface area contributed by atoms with E-state index in [1.807, 2.05) is 0 Å². The van der Waals surface area contributed by atoms with Gasteiger partial charge in [0.15, 0.2) is 0 Å². The topological polar surface area (TPSA) is 3.24 Å². The summed E-state index contributed by atoms with van der Waals surface area (Å²) in [6.45, 7) is 8.29. The first-order valence-corrected chi connectivity index (χ1v) is 5.04. The van der Waals surface area contributed by atoms with E-state index in [-0.39, 0.29) is 0 Å². The molecule has 1 rings (SSSR count). The van der Waals surface area contributed by atoms with Crippen LogP contribution < -0.4 is 0 Å². The van der Waals surface area contributed by atoms with E-state index in [1.54, 1.807) is 0 Å². The van der Waals surface area contributed by atoms with E-state index in [2.05, 4.69) is 18.7 Å². The second-order valence-corrected chi connectivity index (χ2v) is 4.22. The van der Waals surface area contributed by atoms with E-state index in [0.29, 0.717) is 5.92 Å². The zero-order valence-corrected chi connectivity index (χ0v) is 8.27. The molecule has 1 fully saturated rings. The van der Waals surface area contributed by atoms with Gasteiger partial charge in [-0.05, 0) is 24.8 Å². The SMILES string of the molecule is CC(CCl)CN1CCC(C)C1. The molecule has 0 aromatic rings. The lowest BCUT2D eigenvalue weighted by molar-refractivity contribution is 0.291. The van der Waals surface area contributed by atoms with Crippen molar-refractivity contribution in [3.63, 3.8) is 0 Å². The van der Waals surface area contributed by atoms with Gasteiger partial charge < -0.3 is 4.90 Å². The molecular weight excluding hydrogens is 158 g/mol. The molecule has 0 N–H and O–H groups in total. The zero-order valence-electron chi connectivity index (χ0n) is 7.52. The molecule has 0 aromatic heterocycles. The van der Waals surface area contributed by atoms with Gasteiger partial charge >= 0.3 is 0 Å². The first-order chi connectivity index (χ1) is 5.22. The lowest BCUT2D eigenvalue weighted by atomic mass is 10.2. The molecule has 1 saturated heterocycles. The maximum absolute atomic E-state index is 5.74. The molecule has 0 spiro atoms. The minimum Gasteiger partial charge on any atom is -0.303 e. The summed E-state index contributed by atoms with van der Waals surface area (Å²) in [5.41, 5.74) is 0. The molecule has 0 radical (unpaired) electrons. The van der Waals surface area contributed by atoms with Crippen molar-refractivity contribution in [2.75, 3.05) is 25.5 Å². The Labute approximate surface area is 74.7 Å². The Morgan fingerprint density at radius 1 is 1.64 bits per heavy atom. The average molecular weight is 176 g/mol. The van der Waals surface area contributed by atoms with Gasteiger partial charge in [-0.15, -0.1) is 11.6 Å². The van der Waals surface area contributed by atoms with E-state index in [0.717, 1.165) is 11.8 Å². The molecule has 2 unspecified atom stereocenters. The molecule has 1 aliphatic heterocycles. The molecule has 1 heterocycles. The second-order valence-electron chi connectivity index (χ2n) is 3.91. The highest BCUT2D eigenvalue weighted by atomic mass is 35.5. The molecule has 0 bridgehead atoms. The maximum atomic E-state index is 5.74. The van der Waals surface area contributed by atoms with Crippen LogP contribution in [0.4, 0.5) is 0 Å². The van der Waals surface area contributed by atoms with Crippen LogP contribution in [0, 0.1) is 11.8 Å². The summed E-state index contributed by atoms with van der Waals surface area (Å²) in [6.07, 6.45) is 1.37. The molecule has 66 valence electrons. The minimum absolute atomic E-state index is 0.655. The van der Waals surface area contributed by atoms with Crippen molar-refractivity contribution in [2.45, 2.75) is 20.3 Å². The average Bonchev–Trinajstić information content (AvgIpc) is 2.35. The Morgan fingerprint density at radius 3 is 2.82 bits per heavy atom. The number of rotatable bonds is 3. The van der Waals surface area contributed by atoms with Gasteiger partial charge in [0.25, 0.3) is 0 Å². The van der Waals surface area contributed by atoms with E-state index in [1.165, 1.54) is 26.1 Å². The van der Waals surface area contributed by atoms with Crippen LogP contribution in [0.5, 0.6) is 0 Å². The summed E-state index contributed by atoms with van der Waals surface area (Å²) in [7, 11) is 0. The van der Waals surface area contributed by atoms with Crippen LogP contribution in [0.25, 0.3) is 0 Å². The highest BCUT2D eigenvalue weighted by Crippen LogP contribution is 2.16. The van der Waals surface area contributed by atoms with Crippen LogP contribution >= 0.6 is 11.6 Å². The summed E-state index contributed by atoms with van der Waals surface area (Å²) in [5.74, 6) is 2.35. The van der Waals surface area contributed by atoms with E-state index >= 15 is 0 Å². The maximum Gasteiger partial charge on any atom is 0.0261 e. The Morgan fingerprint density at radius 2 is 2.36 bits per heavy atom. The fourth-order valence-corrected chi connectivity index (χ4v) is 1.78. The van der Waals surface area contributed by atoms with Crippen LogP contribution in [-0.2, 0) is 0 Å². The number of hydrogen-bond acceptors (Lipinski definition) is 1. The van der Waals surface area contributed by atoms with Gasteiger partial charge in [-0.3, -0.25) is 0 Å². The molecule has 2 heteroatoms. The minimum atomic E-state index is 0.655. The van der Waals surface area contributed by atoms with Crippen LogP contribution in [0.3, 0.4) is 0 Å². The molecule has 2 atom stereocenters. The van der Waals surface area contributed by atoms with E-state index in [4.69, 9.17) is 11.6 Å². The molecule has 0 aliphatic carbocycles. The van der Waals surface area contributed by atoms with E-state index in [9.17, 15) is 0 Å². The summed E-state index contributed by atoms with van der Waals surface area (Å²) in [5, 5.41) is 0. The molecule has 0 amide bonds. The quantitative estimate of drug-likeness (QED) is 0.595. The lowest BCUT2D eigenvalue weighted by Crippen LogP contribution is -2.26. The van der Waals surface area contributed by atoms with Crippen molar-refractivity contribution in [2.24, 2.45) is 11.8 Å².